The van der Waals surface area contributed by atoms with Crippen LogP contribution >= 0.6 is 0 Å². The summed E-state index contributed by atoms with van der Waals surface area (Å²) in [5.41, 5.74) is 0.552. The van der Waals surface area contributed by atoms with E-state index >= 15 is 0 Å². The lowest BCUT2D eigenvalue weighted by Crippen LogP contribution is -2.15. The summed E-state index contributed by atoms with van der Waals surface area (Å²) >= 11 is -2.09. The van der Waals surface area contributed by atoms with Crippen LogP contribution in [-0.4, -0.2) is 35.2 Å². The Balaban J connectivity index is 2.30. The third kappa shape index (κ3) is 1.73. The molecular weight excluding hydrogens is 300 g/mol. The predicted molar refractivity (Wildman–Crippen MR) is 70.4 cm³/mol. The van der Waals surface area contributed by atoms with E-state index in [-0.39, 0.29) is 27.3 Å². The SMILES string of the molecule is [O-][S+]1c2c(cc(O)c(O)c2O)Cc2cc(O)c(O)c(O)c21. The van der Waals surface area contributed by atoms with Gasteiger partial charge in [0.1, 0.15) is 0 Å². The van der Waals surface area contributed by atoms with E-state index in [0.29, 0.717) is 0 Å². The first kappa shape index (κ1) is 13.5. The van der Waals surface area contributed by atoms with Crippen molar-refractivity contribution in [2.45, 2.75) is 16.2 Å². The standard InChI is InChI=1S/C13H10O7S/c14-6-2-4-1-5-3-7(15)9(17)11(19)13(5)21(20)12(4)10(18)8(6)16/h2-3,14-19H,1H2. The molecule has 0 radical (unpaired) electrons. The average molecular weight is 310 g/mol. The van der Waals surface area contributed by atoms with Crippen LogP contribution in [0.15, 0.2) is 21.9 Å². The van der Waals surface area contributed by atoms with Gasteiger partial charge in [-0.25, -0.2) is 0 Å². The minimum absolute atomic E-state index is 0.0409. The van der Waals surface area contributed by atoms with Gasteiger partial charge in [0.15, 0.2) is 11.5 Å². The molecule has 0 bridgehead atoms. The summed E-state index contributed by atoms with van der Waals surface area (Å²) in [6.07, 6.45) is 0.0409. The molecule has 3 rings (SSSR count). The first-order valence-electron chi connectivity index (χ1n) is 5.78. The van der Waals surface area contributed by atoms with Crippen molar-refractivity contribution in [3.8, 4) is 34.5 Å². The summed E-state index contributed by atoms with van der Waals surface area (Å²) in [4.78, 5) is -0.309. The van der Waals surface area contributed by atoms with Crippen molar-refractivity contribution in [3.05, 3.63) is 23.3 Å². The molecule has 1 aliphatic heterocycles. The molecule has 0 unspecified atom stereocenters. The monoisotopic (exact) mass is 310 g/mol. The van der Waals surface area contributed by atoms with Gasteiger partial charge in [-0.05, 0) is 12.1 Å². The van der Waals surface area contributed by atoms with Crippen molar-refractivity contribution in [1.29, 1.82) is 0 Å². The van der Waals surface area contributed by atoms with Crippen LogP contribution in [-0.2, 0) is 17.6 Å². The Morgan fingerprint density at radius 1 is 0.714 bits per heavy atom. The van der Waals surface area contributed by atoms with Gasteiger partial charge in [0.2, 0.25) is 32.8 Å². The maximum atomic E-state index is 12.5. The fraction of sp³-hybridized carbons (Fsp3) is 0.0769. The number of phenolic OH excluding ortho intramolecular Hbond substituents is 6. The highest BCUT2D eigenvalue weighted by Crippen LogP contribution is 2.52. The molecule has 1 aliphatic rings. The molecule has 0 saturated carbocycles. The Morgan fingerprint density at radius 3 is 1.48 bits per heavy atom. The summed E-state index contributed by atoms with van der Waals surface area (Å²) in [7, 11) is 0. The van der Waals surface area contributed by atoms with E-state index in [1.54, 1.807) is 0 Å². The molecule has 6 N–H and O–H groups in total. The van der Waals surface area contributed by atoms with E-state index < -0.39 is 45.7 Å². The van der Waals surface area contributed by atoms with Crippen LogP contribution in [0.3, 0.4) is 0 Å². The number of hydrogen-bond donors (Lipinski definition) is 6. The van der Waals surface area contributed by atoms with Gasteiger partial charge in [-0.3, -0.25) is 0 Å². The zero-order valence-corrected chi connectivity index (χ0v) is 11.2. The van der Waals surface area contributed by atoms with E-state index in [9.17, 15) is 35.2 Å². The van der Waals surface area contributed by atoms with Gasteiger partial charge in [0, 0.05) is 28.7 Å². The summed E-state index contributed by atoms with van der Waals surface area (Å²) < 4.78 is 12.5. The Morgan fingerprint density at radius 2 is 1.10 bits per heavy atom. The van der Waals surface area contributed by atoms with Crippen molar-refractivity contribution < 1.29 is 35.2 Å². The summed E-state index contributed by atoms with van der Waals surface area (Å²) in [5.74, 6) is -4.26. The Bertz CT molecular complexity index is 709. The maximum absolute atomic E-state index is 12.5. The molecule has 0 fully saturated rings. The molecule has 0 aromatic heterocycles. The molecule has 21 heavy (non-hydrogen) atoms. The topological polar surface area (TPSA) is 144 Å². The molecule has 0 amide bonds. The van der Waals surface area contributed by atoms with Gasteiger partial charge in [0.25, 0.3) is 0 Å². The van der Waals surface area contributed by atoms with Crippen LogP contribution in [0.2, 0.25) is 0 Å². The molecule has 7 nitrogen and oxygen atoms in total. The number of hydrogen-bond acceptors (Lipinski definition) is 7. The van der Waals surface area contributed by atoms with Crippen LogP contribution in [0.25, 0.3) is 0 Å². The Kier molecular flexibility index (Phi) is 2.75. The van der Waals surface area contributed by atoms with E-state index in [0.717, 1.165) is 12.1 Å². The molecule has 0 atom stereocenters. The zero-order valence-electron chi connectivity index (χ0n) is 10.4. The third-order valence-corrected chi connectivity index (χ3v) is 4.97. The fourth-order valence-electron chi connectivity index (χ4n) is 2.34. The normalized spacial score (nSPS) is 13.8. The molecule has 110 valence electrons. The van der Waals surface area contributed by atoms with E-state index in [1.807, 2.05) is 0 Å². The summed E-state index contributed by atoms with van der Waals surface area (Å²) in [6, 6.07) is 2.29. The average Bonchev–Trinajstić information content (AvgIpc) is 2.42. The lowest BCUT2D eigenvalue weighted by atomic mass is 10.0. The molecule has 0 saturated heterocycles. The predicted octanol–water partition coefficient (Wildman–Crippen LogP) is 0.991. The van der Waals surface area contributed by atoms with Crippen LogP contribution in [0, 0.1) is 0 Å². The summed E-state index contributed by atoms with van der Waals surface area (Å²) in [5, 5.41) is 57.7. The minimum Gasteiger partial charge on any atom is -0.606 e. The van der Waals surface area contributed by atoms with Gasteiger partial charge in [0.05, 0.1) is 0 Å². The van der Waals surface area contributed by atoms with Gasteiger partial charge >= 0.3 is 0 Å². The molecular formula is C13H10O7S. The summed E-state index contributed by atoms with van der Waals surface area (Å²) in [6.45, 7) is 0. The minimum atomic E-state index is -2.09. The van der Waals surface area contributed by atoms with Crippen molar-refractivity contribution >= 4 is 11.2 Å². The van der Waals surface area contributed by atoms with Gasteiger partial charge in [-0.15, -0.1) is 0 Å². The lowest BCUT2D eigenvalue weighted by molar-refractivity contribution is 0.355. The van der Waals surface area contributed by atoms with E-state index in [2.05, 4.69) is 0 Å². The first-order valence-corrected chi connectivity index (χ1v) is 6.93. The van der Waals surface area contributed by atoms with Gasteiger partial charge in [-0.1, -0.05) is 0 Å². The quantitative estimate of drug-likeness (QED) is 0.314. The van der Waals surface area contributed by atoms with E-state index in [1.165, 1.54) is 0 Å². The molecule has 2 aromatic carbocycles. The number of aromatic hydroxyl groups is 6. The maximum Gasteiger partial charge on any atom is 0.218 e. The highest BCUT2D eigenvalue weighted by Gasteiger charge is 2.38. The second-order valence-electron chi connectivity index (χ2n) is 4.61. The van der Waals surface area contributed by atoms with Crippen LogP contribution in [0.5, 0.6) is 34.5 Å². The highest BCUT2D eigenvalue weighted by atomic mass is 32.2. The van der Waals surface area contributed by atoms with Crippen molar-refractivity contribution in [2.24, 2.45) is 0 Å². The Labute approximate surface area is 121 Å². The third-order valence-electron chi connectivity index (χ3n) is 3.32. The molecule has 2 aromatic rings. The van der Waals surface area contributed by atoms with Gasteiger partial charge in [-0.2, -0.15) is 0 Å². The number of rotatable bonds is 0. The second kappa shape index (κ2) is 4.27. The molecule has 1 heterocycles. The van der Waals surface area contributed by atoms with Crippen LogP contribution < -0.4 is 0 Å². The first-order chi connectivity index (χ1) is 9.82. The molecule has 8 heteroatoms. The largest absolute Gasteiger partial charge is 0.606 e. The number of phenols is 6. The lowest BCUT2D eigenvalue weighted by Gasteiger charge is -2.24. The number of benzene rings is 2. The highest BCUT2D eigenvalue weighted by molar-refractivity contribution is 7.91. The van der Waals surface area contributed by atoms with Crippen molar-refractivity contribution in [3.63, 3.8) is 0 Å². The van der Waals surface area contributed by atoms with Crippen molar-refractivity contribution in [1.82, 2.24) is 0 Å². The number of fused-ring (bicyclic) bond motifs is 2. The van der Waals surface area contributed by atoms with Gasteiger partial charge < -0.3 is 35.2 Å². The van der Waals surface area contributed by atoms with Crippen LogP contribution in [0.4, 0.5) is 0 Å². The van der Waals surface area contributed by atoms with Crippen molar-refractivity contribution in [2.75, 3.05) is 0 Å². The molecule has 0 aliphatic carbocycles. The Hall–Kier alpha value is -2.45. The zero-order chi connectivity index (χ0) is 15.5. The van der Waals surface area contributed by atoms with E-state index in [4.69, 9.17) is 0 Å². The molecule has 0 spiro atoms. The fourth-order valence-corrected chi connectivity index (χ4v) is 3.83. The van der Waals surface area contributed by atoms with Crippen LogP contribution in [0.1, 0.15) is 11.1 Å². The smallest absolute Gasteiger partial charge is 0.218 e. The second-order valence-corrected chi connectivity index (χ2v) is 5.96.